The van der Waals surface area contributed by atoms with Crippen LogP contribution in [0.2, 0.25) is 0 Å². The van der Waals surface area contributed by atoms with E-state index in [4.69, 9.17) is 0 Å². The van der Waals surface area contributed by atoms with Gasteiger partial charge in [0.15, 0.2) is 15.6 Å². The summed E-state index contributed by atoms with van der Waals surface area (Å²) in [5.74, 6) is -3.05. The fourth-order valence-electron chi connectivity index (χ4n) is 2.97. The first kappa shape index (κ1) is 18.6. The molecule has 1 aliphatic heterocycles. The molecule has 0 atom stereocenters. The predicted molar refractivity (Wildman–Crippen MR) is 89.1 cm³/mol. The average molecular weight is 383 g/mol. The number of ketones is 1. The molecule has 2 aromatic rings. The molecule has 0 spiro atoms. The van der Waals surface area contributed by atoms with Crippen LogP contribution in [0.25, 0.3) is 0 Å². The van der Waals surface area contributed by atoms with Crippen LogP contribution in [0, 0.1) is 23.4 Å². The Morgan fingerprint density at radius 3 is 2.23 bits per heavy atom. The minimum absolute atomic E-state index is 0.104. The summed E-state index contributed by atoms with van der Waals surface area (Å²) in [6.45, 7) is 0.872. The first-order valence-corrected chi connectivity index (χ1v) is 9.59. The molecular weight excluding hydrogens is 367 g/mol. The average Bonchev–Trinajstić information content (AvgIpc) is 2.52. The number of likely N-dealkylation sites (tertiary alicyclic amines) is 1. The molecule has 3 rings (SSSR count). The van der Waals surface area contributed by atoms with Crippen molar-refractivity contribution in [2.75, 3.05) is 25.4 Å². The topological polar surface area (TPSA) is 54.5 Å². The highest BCUT2D eigenvalue weighted by Crippen LogP contribution is 2.24. The Kier molecular flexibility index (Phi) is 5.15. The van der Waals surface area contributed by atoms with Gasteiger partial charge in [0.1, 0.15) is 22.3 Å². The standard InChI is InChI=1S/C18H16F3NO3S/c19-14-3-1-13(2-4-14)17(23)10-22-8-12(9-22)11-26(24,25)18-6-5-15(20)7-16(18)21/h1-7,12H,8-11H2. The van der Waals surface area contributed by atoms with E-state index in [-0.39, 0.29) is 24.0 Å². The highest BCUT2D eigenvalue weighted by atomic mass is 32.2. The van der Waals surface area contributed by atoms with Crippen LogP contribution in [-0.2, 0) is 9.84 Å². The second-order valence-electron chi connectivity index (χ2n) is 6.35. The van der Waals surface area contributed by atoms with Gasteiger partial charge in [0.05, 0.1) is 12.3 Å². The number of carbonyl (C=O) groups excluding carboxylic acids is 1. The highest BCUT2D eigenvalue weighted by Gasteiger charge is 2.33. The summed E-state index contributed by atoms with van der Waals surface area (Å²) in [4.78, 5) is 13.3. The molecule has 0 bridgehead atoms. The van der Waals surface area contributed by atoms with Crippen molar-refractivity contribution in [2.24, 2.45) is 5.92 Å². The largest absolute Gasteiger partial charge is 0.295 e. The Labute approximate surface area is 149 Å². The third-order valence-corrected chi connectivity index (χ3v) is 6.16. The van der Waals surface area contributed by atoms with Crippen LogP contribution in [0.15, 0.2) is 47.4 Å². The number of carbonyl (C=O) groups is 1. The van der Waals surface area contributed by atoms with Gasteiger partial charge in [-0.05, 0) is 42.3 Å². The van der Waals surface area contributed by atoms with E-state index in [9.17, 15) is 26.4 Å². The molecule has 1 saturated heterocycles. The number of halogens is 3. The molecule has 1 heterocycles. The van der Waals surface area contributed by atoms with Gasteiger partial charge < -0.3 is 0 Å². The van der Waals surface area contributed by atoms with Crippen molar-refractivity contribution in [1.82, 2.24) is 4.90 Å². The smallest absolute Gasteiger partial charge is 0.181 e. The van der Waals surface area contributed by atoms with Crippen molar-refractivity contribution in [3.05, 3.63) is 65.5 Å². The minimum Gasteiger partial charge on any atom is -0.295 e. The maximum Gasteiger partial charge on any atom is 0.181 e. The van der Waals surface area contributed by atoms with Crippen LogP contribution in [0.1, 0.15) is 10.4 Å². The Morgan fingerprint density at radius 2 is 1.62 bits per heavy atom. The molecule has 1 fully saturated rings. The van der Waals surface area contributed by atoms with Crippen molar-refractivity contribution in [1.29, 1.82) is 0 Å². The van der Waals surface area contributed by atoms with E-state index in [0.29, 0.717) is 24.7 Å². The maximum absolute atomic E-state index is 13.7. The Balaban J connectivity index is 1.55. The number of hydrogen-bond acceptors (Lipinski definition) is 4. The number of hydrogen-bond donors (Lipinski definition) is 0. The van der Waals surface area contributed by atoms with Gasteiger partial charge in [-0.15, -0.1) is 0 Å². The Hall–Kier alpha value is -2.19. The van der Waals surface area contributed by atoms with E-state index >= 15 is 0 Å². The molecule has 0 saturated carbocycles. The van der Waals surface area contributed by atoms with Crippen molar-refractivity contribution in [2.45, 2.75) is 4.90 Å². The van der Waals surface area contributed by atoms with Gasteiger partial charge >= 0.3 is 0 Å². The van der Waals surface area contributed by atoms with Crippen molar-refractivity contribution >= 4 is 15.6 Å². The zero-order valence-corrected chi connectivity index (χ0v) is 14.5. The van der Waals surface area contributed by atoms with Gasteiger partial charge in [0.2, 0.25) is 0 Å². The minimum atomic E-state index is -3.87. The van der Waals surface area contributed by atoms with E-state index in [1.807, 2.05) is 0 Å². The first-order chi connectivity index (χ1) is 12.2. The van der Waals surface area contributed by atoms with Gasteiger partial charge in [-0.25, -0.2) is 21.6 Å². The molecule has 0 aliphatic carbocycles. The number of nitrogens with zero attached hydrogens (tertiary/aromatic N) is 1. The summed E-state index contributed by atoms with van der Waals surface area (Å²) in [6.07, 6.45) is 0. The first-order valence-electron chi connectivity index (χ1n) is 7.93. The molecule has 0 radical (unpaired) electrons. The molecule has 8 heteroatoms. The molecule has 0 amide bonds. The second-order valence-corrected chi connectivity index (χ2v) is 8.35. The van der Waals surface area contributed by atoms with Crippen molar-refractivity contribution < 1.29 is 26.4 Å². The number of sulfone groups is 1. The van der Waals surface area contributed by atoms with Crippen molar-refractivity contribution in [3.8, 4) is 0 Å². The molecule has 2 aromatic carbocycles. The van der Waals surface area contributed by atoms with E-state index in [2.05, 4.69) is 0 Å². The Morgan fingerprint density at radius 1 is 1.00 bits per heavy atom. The predicted octanol–water partition coefficient (Wildman–Crippen LogP) is 2.69. The van der Waals surface area contributed by atoms with E-state index in [0.717, 1.165) is 12.1 Å². The molecule has 138 valence electrons. The number of benzene rings is 2. The fraction of sp³-hybridized carbons (Fsp3) is 0.278. The van der Waals surface area contributed by atoms with Crippen LogP contribution < -0.4 is 0 Å². The zero-order chi connectivity index (χ0) is 18.9. The SMILES string of the molecule is O=C(CN1CC(CS(=O)(=O)c2ccc(F)cc2F)C1)c1ccc(F)cc1. The summed E-state index contributed by atoms with van der Waals surface area (Å²) in [7, 11) is -3.87. The second kappa shape index (κ2) is 7.20. The van der Waals surface area contributed by atoms with E-state index in [1.54, 1.807) is 4.90 Å². The summed E-state index contributed by atoms with van der Waals surface area (Å²) >= 11 is 0. The molecule has 0 N–H and O–H groups in total. The van der Waals surface area contributed by atoms with Gasteiger partial charge in [-0.2, -0.15) is 0 Å². The van der Waals surface area contributed by atoms with Gasteiger partial charge in [0.25, 0.3) is 0 Å². The molecule has 26 heavy (non-hydrogen) atoms. The molecule has 0 aromatic heterocycles. The van der Waals surface area contributed by atoms with Crippen LogP contribution in [0.4, 0.5) is 13.2 Å². The Bertz CT molecular complexity index is 923. The number of rotatable bonds is 6. The summed E-state index contributed by atoms with van der Waals surface area (Å²) in [6, 6.07) is 7.58. The molecule has 4 nitrogen and oxygen atoms in total. The lowest BCUT2D eigenvalue weighted by atomic mass is 10.0. The lowest BCUT2D eigenvalue weighted by molar-refractivity contribution is 0.0771. The third-order valence-electron chi connectivity index (χ3n) is 4.25. The summed E-state index contributed by atoms with van der Waals surface area (Å²) in [5.41, 5.74) is 0.385. The molecular formula is C18H16F3NO3S. The highest BCUT2D eigenvalue weighted by molar-refractivity contribution is 7.91. The third kappa shape index (κ3) is 4.13. The molecule has 0 unspecified atom stereocenters. The van der Waals surface area contributed by atoms with E-state index in [1.165, 1.54) is 24.3 Å². The van der Waals surface area contributed by atoms with Gasteiger partial charge in [0, 0.05) is 24.7 Å². The van der Waals surface area contributed by atoms with Crippen LogP contribution >= 0.6 is 0 Å². The lowest BCUT2D eigenvalue weighted by Crippen LogP contribution is -2.51. The maximum atomic E-state index is 13.7. The van der Waals surface area contributed by atoms with Gasteiger partial charge in [-0.3, -0.25) is 9.69 Å². The lowest BCUT2D eigenvalue weighted by Gasteiger charge is -2.38. The quantitative estimate of drug-likeness (QED) is 0.569. The van der Waals surface area contributed by atoms with Crippen LogP contribution in [0.5, 0.6) is 0 Å². The fourth-order valence-corrected chi connectivity index (χ4v) is 4.61. The van der Waals surface area contributed by atoms with Crippen molar-refractivity contribution in [3.63, 3.8) is 0 Å². The van der Waals surface area contributed by atoms with E-state index < -0.39 is 32.2 Å². The monoisotopic (exact) mass is 383 g/mol. The summed E-state index contributed by atoms with van der Waals surface area (Å²) in [5, 5.41) is 0. The van der Waals surface area contributed by atoms with Crippen LogP contribution in [-0.4, -0.2) is 44.5 Å². The molecule has 1 aliphatic rings. The normalized spacial score (nSPS) is 15.7. The summed E-state index contributed by atoms with van der Waals surface area (Å²) < 4.78 is 64.0. The zero-order valence-electron chi connectivity index (χ0n) is 13.7. The number of Topliss-reactive ketones (excluding diaryl/α,β-unsaturated/α-hetero) is 1. The van der Waals surface area contributed by atoms with Gasteiger partial charge in [-0.1, -0.05) is 0 Å². The van der Waals surface area contributed by atoms with Crippen LogP contribution in [0.3, 0.4) is 0 Å².